The Hall–Kier alpha value is -2.63. The third kappa shape index (κ3) is 4.07. The first-order valence-electron chi connectivity index (χ1n) is 8.64. The van der Waals surface area contributed by atoms with Crippen molar-refractivity contribution >= 4 is 11.9 Å². The zero-order valence-corrected chi connectivity index (χ0v) is 14.4. The van der Waals surface area contributed by atoms with Gasteiger partial charge in [0.25, 0.3) is 5.91 Å². The predicted octanol–water partition coefficient (Wildman–Crippen LogP) is 2.80. The SMILES string of the molecule is Cn1cc(C(=O)N2CCCC(CCC(=O)O)C2)c(-c2ccccc2)n1. The highest BCUT2D eigenvalue weighted by molar-refractivity contribution is 5.99. The number of hydrogen-bond acceptors (Lipinski definition) is 3. The van der Waals surface area contributed by atoms with E-state index in [2.05, 4.69) is 5.10 Å². The number of amides is 1. The van der Waals surface area contributed by atoms with Gasteiger partial charge in [0.1, 0.15) is 5.69 Å². The lowest BCUT2D eigenvalue weighted by Gasteiger charge is -2.32. The Morgan fingerprint density at radius 2 is 2.04 bits per heavy atom. The molecular formula is C19H23N3O3. The van der Waals surface area contributed by atoms with E-state index >= 15 is 0 Å². The standard InChI is InChI=1S/C19H23N3O3/c1-21-13-16(18(20-21)15-7-3-2-4-8-15)19(25)22-11-5-6-14(12-22)9-10-17(23)24/h2-4,7-8,13-14H,5-6,9-12H2,1H3,(H,23,24). The molecule has 1 saturated heterocycles. The number of aromatic nitrogens is 2. The van der Waals surface area contributed by atoms with Crippen molar-refractivity contribution < 1.29 is 14.7 Å². The zero-order valence-electron chi connectivity index (χ0n) is 14.4. The summed E-state index contributed by atoms with van der Waals surface area (Å²) in [6.07, 6.45) is 4.45. The van der Waals surface area contributed by atoms with Crippen molar-refractivity contribution in [2.45, 2.75) is 25.7 Å². The number of aryl methyl sites for hydroxylation is 1. The summed E-state index contributed by atoms with van der Waals surface area (Å²) >= 11 is 0. The molecule has 0 saturated carbocycles. The second-order valence-electron chi connectivity index (χ2n) is 6.62. The molecule has 0 radical (unpaired) electrons. The third-order valence-corrected chi connectivity index (χ3v) is 4.68. The van der Waals surface area contributed by atoms with Crippen LogP contribution in [-0.2, 0) is 11.8 Å². The molecule has 1 atom stereocenters. The fraction of sp³-hybridized carbons (Fsp3) is 0.421. The van der Waals surface area contributed by atoms with Crippen LogP contribution in [0.15, 0.2) is 36.5 Å². The number of benzene rings is 1. The van der Waals surface area contributed by atoms with E-state index in [4.69, 9.17) is 5.11 Å². The molecule has 0 bridgehead atoms. The monoisotopic (exact) mass is 341 g/mol. The molecule has 2 heterocycles. The van der Waals surface area contributed by atoms with Crippen molar-refractivity contribution in [2.24, 2.45) is 13.0 Å². The van der Waals surface area contributed by atoms with E-state index in [1.807, 2.05) is 42.3 Å². The van der Waals surface area contributed by atoms with Gasteiger partial charge in [0.05, 0.1) is 5.56 Å². The maximum absolute atomic E-state index is 13.0. The first kappa shape index (κ1) is 17.2. The lowest BCUT2D eigenvalue weighted by atomic mass is 9.93. The molecule has 1 aromatic carbocycles. The zero-order chi connectivity index (χ0) is 17.8. The third-order valence-electron chi connectivity index (χ3n) is 4.68. The van der Waals surface area contributed by atoms with E-state index in [9.17, 15) is 9.59 Å². The topological polar surface area (TPSA) is 75.4 Å². The number of carbonyl (C=O) groups excluding carboxylic acids is 1. The molecule has 1 amide bonds. The fourth-order valence-electron chi connectivity index (χ4n) is 3.44. The molecule has 0 aliphatic carbocycles. The highest BCUT2D eigenvalue weighted by Crippen LogP contribution is 2.26. The lowest BCUT2D eigenvalue weighted by Crippen LogP contribution is -2.40. The molecule has 2 aromatic rings. The number of hydrogen-bond donors (Lipinski definition) is 1. The van der Waals surface area contributed by atoms with Crippen molar-refractivity contribution in [3.8, 4) is 11.3 Å². The molecule has 6 heteroatoms. The molecule has 1 aliphatic rings. The highest BCUT2D eigenvalue weighted by Gasteiger charge is 2.27. The van der Waals surface area contributed by atoms with Gasteiger partial charge in [0.2, 0.25) is 0 Å². The van der Waals surface area contributed by atoms with Crippen LogP contribution in [0.5, 0.6) is 0 Å². The largest absolute Gasteiger partial charge is 0.481 e. The van der Waals surface area contributed by atoms with Crippen LogP contribution in [0, 0.1) is 5.92 Å². The predicted molar refractivity (Wildman–Crippen MR) is 94.1 cm³/mol. The van der Waals surface area contributed by atoms with E-state index in [-0.39, 0.29) is 18.2 Å². The number of nitrogens with zero attached hydrogens (tertiary/aromatic N) is 3. The van der Waals surface area contributed by atoms with Crippen LogP contribution in [0.1, 0.15) is 36.0 Å². The Morgan fingerprint density at radius 3 is 2.76 bits per heavy atom. The molecule has 3 rings (SSSR count). The Morgan fingerprint density at radius 1 is 1.28 bits per heavy atom. The van der Waals surface area contributed by atoms with E-state index in [0.717, 1.165) is 18.4 Å². The minimum Gasteiger partial charge on any atom is -0.481 e. The second kappa shape index (κ2) is 7.51. The van der Waals surface area contributed by atoms with Gasteiger partial charge in [-0.05, 0) is 25.2 Å². The van der Waals surface area contributed by atoms with Gasteiger partial charge in [-0.25, -0.2) is 0 Å². The summed E-state index contributed by atoms with van der Waals surface area (Å²) in [4.78, 5) is 25.7. The first-order valence-corrected chi connectivity index (χ1v) is 8.64. The van der Waals surface area contributed by atoms with Crippen molar-refractivity contribution in [3.05, 3.63) is 42.1 Å². The van der Waals surface area contributed by atoms with Crippen LogP contribution in [0.3, 0.4) is 0 Å². The fourth-order valence-corrected chi connectivity index (χ4v) is 3.44. The second-order valence-corrected chi connectivity index (χ2v) is 6.62. The molecule has 0 spiro atoms. The number of carboxylic acids is 1. The summed E-state index contributed by atoms with van der Waals surface area (Å²) in [5.74, 6) is -0.542. The Labute approximate surface area is 147 Å². The van der Waals surface area contributed by atoms with Gasteiger partial charge in [-0.15, -0.1) is 0 Å². The van der Waals surface area contributed by atoms with Crippen LogP contribution in [-0.4, -0.2) is 44.8 Å². The van der Waals surface area contributed by atoms with Crippen LogP contribution in [0.25, 0.3) is 11.3 Å². The van der Waals surface area contributed by atoms with Gasteiger partial charge in [0.15, 0.2) is 0 Å². The van der Waals surface area contributed by atoms with Gasteiger partial charge in [-0.2, -0.15) is 5.10 Å². The average molecular weight is 341 g/mol. The smallest absolute Gasteiger partial charge is 0.303 e. The minimum absolute atomic E-state index is 0.0213. The summed E-state index contributed by atoms with van der Waals surface area (Å²) in [5, 5.41) is 13.3. The summed E-state index contributed by atoms with van der Waals surface area (Å²) in [6.45, 7) is 1.33. The van der Waals surface area contributed by atoms with Crippen molar-refractivity contribution in [2.75, 3.05) is 13.1 Å². The van der Waals surface area contributed by atoms with Gasteiger partial charge < -0.3 is 10.0 Å². The number of piperidine rings is 1. The summed E-state index contributed by atoms with van der Waals surface area (Å²) in [7, 11) is 1.81. The molecule has 1 aromatic heterocycles. The van der Waals surface area contributed by atoms with Gasteiger partial charge in [-0.1, -0.05) is 30.3 Å². The molecule has 1 fully saturated rings. The van der Waals surface area contributed by atoms with Crippen LogP contribution >= 0.6 is 0 Å². The number of carboxylic acid groups (broad SMARTS) is 1. The first-order chi connectivity index (χ1) is 12.0. The number of likely N-dealkylation sites (tertiary alicyclic amines) is 1. The van der Waals surface area contributed by atoms with Gasteiger partial charge in [-0.3, -0.25) is 14.3 Å². The average Bonchev–Trinajstić information content (AvgIpc) is 3.02. The molecule has 132 valence electrons. The lowest BCUT2D eigenvalue weighted by molar-refractivity contribution is -0.137. The van der Waals surface area contributed by atoms with Crippen LogP contribution < -0.4 is 0 Å². The molecule has 25 heavy (non-hydrogen) atoms. The summed E-state index contributed by atoms with van der Waals surface area (Å²) in [6, 6.07) is 9.70. The maximum Gasteiger partial charge on any atom is 0.303 e. The molecule has 1 unspecified atom stereocenters. The van der Waals surface area contributed by atoms with Crippen molar-refractivity contribution in [1.82, 2.24) is 14.7 Å². The Kier molecular flexibility index (Phi) is 5.16. The molecule has 1 N–H and O–H groups in total. The van der Waals surface area contributed by atoms with E-state index in [1.54, 1.807) is 10.9 Å². The molecular weight excluding hydrogens is 318 g/mol. The number of carbonyl (C=O) groups is 2. The van der Waals surface area contributed by atoms with Crippen LogP contribution in [0.2, 0.25) is 0 Å². The number of rotatable bonds is 5. The van der Waals surface area contributed by atoms with Crippen molar-refractivity contribution in [1.29, 1.82) is 0 Å². The van der Waals surface area contributed by atoms with E-state index in [1.165, 1.54) is 0 Å². The van der Waals surface area contributed by atoms with Gasteiger partial charge in [0, 0.05) is 38.3 Å². The van der Waals surface area contributed by atoms with E-state index in [0.29, 0.717) is 30.8 Å². The van der Waals surface area contributed by atoms with E-state index < -0.39 is 5.97 Å². The quantitative estimate of drug-likeness (QED) is 0.907. The number of aliphatic carboxylic acids is 1. The van der Waals surface area contributed by atoms with Crippen LogP contribution in [0.4, 0.5) is 0 Å². The van der Waals surface area contributed by atoms with Gasteiger partial charge >= 0.3 is 5.97 Å². The minimum atomic E-state index is -0.776. The normalized spacial score (nSPS) is 17.5. The van der Waals surface area contributed by atoms with Crippen molar-refractivity contribution in [3.63, 3.8) is 0 Å². The molecule has 6 nitrogen and oxygen atoms in total. The Bertz CT molecular complexity index is 755. The molecule has 1 aliphatic heterocycles. The maximum atomic E-state index is 13.0. The summed E-state index contributed by atoms with van der Waals surface area (Å²) in [5.41, 5.74) is 2.22. The summed E-state index contributed by atoms with van der Waals surface area (Å²) < 4.78 is 1.67. The highest BCUT2D eigenvalue weighted by atomic mass is 16.4. The Balaban J connectivity index is 1.78.